The minimum Gasteiger partial charge on any atom is -0.496 e. The van der Waals surface area contributed by atoms with E-state index in [1.165, 1.54) is 5.69 Å². The summed E-state index contributed by atoms with van der Waals surface area (Å²) in [5, 5.41) is 3.10. The van der Waals surface area contributed by atoms with Gasteiger partial charge in [0.05, 0.1) is 7.11 Å². The van der Waals surface area contributed by atoms with Gasteiger partial charge in [0.1, 0.15) is 5.75 Å². The van der Waals surface area contributed by atoms with Crippen LogP contribution < -0.4 is 15.0 Å². The van der Waals surface area contributed by atoms with E-state index in [-0.39, 0.29) is 5.91 Å². The third-order valence-corrected chi connectivity index (χ3v) is 5.47. The summed E-state index contributed by atoms with van der Waals surface area (Å²) in [4.78, 5) is 17.1. The van der Waals surface area contributed by atoms with Crippen molar-refractivity contribution in [2.75, 3.05) is 44.7 Å². The van der Waals surface area contributed by atoms with Crippen LogP contribution in [0.25, 0.3) is 0 Å². The van der Waals surface area contributed by atoms with Gasteiger partial charge >= 0.3 is 0 Å². The molecule has 1 aliphatic rings. The van der Waals surface area contributed by atoms with E-state index < -0.39 is 0 Å². The number of carbonyl (C=O) groups is 1. The van der Waals surface area contributed by atoms with E-state index in [2.05, 4.69) is 52.4 Å². The summed E-state index contributed by atoms with van der Waals surface area (Å²) in [5.74, 6) is 0.945. The summed E-state index contributed by atoms with van der Waals surface area (Å²) in [6.07, 6.45) is 1.18. The SMILES string of the molecule is COc1ccccc1CCC(=O)NCC(C)N1CCN(c2ccccc2)CC1. The quantitative estimate of drug-likeness (QED) is 0.764. The number of carbonyl (C=O) groups excluding carboxylic acids is 1. The number of benzene rings is 2. The Balaban J connectivity index is 1.38. The minimum absolute atomic E-state index is 0.0978. The lowest BCUT2D eigenvalue weighted by Crippen LogP contribution is -2.52. The van der Waals surface area contributed by atoms with Crippen LogP contribution in [0.3, 0.4) is 0 Å². The van der Waals surface area contributed by atoms with Crippen LogP contribution in [-0.2, 0) is 11.2 Å². The molecule has 1 saturated heterocycles. The fraction of sp³-hybridized carbons (Fsp3) is 0.435. The van der Waals surface area contributed by atoms with Crippen LogP contribution in [0.5, 0.6) is 5.75 Å². The lowest BCUT2D eigenvalue weighted by atomic mass is 10.1. The van der Waals surface area contributed by atoms with Crippen molar-refractivity contribution < 1.29 is 9.53 Å². The molecular weight excluding hydrogens is 350 g/mol. The topological polar surface area (TPSA) is 44.8 Å². The zero-order valence-electron chi connectivity index (χ0n) is 16.9. The molecule has 1 amide bonds. The van der Waals surface area contributed by atoms with Crippen LogP contribution in [0.15, 0.2) is 54.6 Å². The Morgan fingerprint density at radius 3 is 2.43 bits per heavy atom. The predicted molar refractivity (Wildman–Crippen MR) is 114 cm³/mol. The molecule has 5 nitrogen and oxygen atoms in total. The van der Waals surface area contributed by atoms with E-state index in [1.54, 1.807) is 7.11 Å². The summed E-state index contributed by atoms with van der Waals surface area (Å²) < 4.78 is 5.35. The molecule has 28 heavy (non-hydrogen) atoms. The van der Waals surface area contributed by atoms with Gasteiger partial charge in [-0.2, -0.15) is 0 Å². The molecule has 0 bridgehead atoms. The summed E-state index contributed by atoms with van der Waals surface area (Å²) in [5.41, 5.74) is 2.37. The standard InChI is InChI=1S/C23H31N3O2/c1-19(25-14-16-26(17-15-25)21-9-4-3-5-10-21)18-24-23(27)13-12-20-8-6-7-11-22(20)28-2/h3-11,19H,12-18H2,1-2H3,(H,24,27). The summed E-state index contributed by atoms with van der Waals surface area (Å²) >= 11 is 0. The normalized spacial score (nSPS) is 15.9. The van der Waals surface area contributed by atoms with Crippen molar-refractivity contribution in [1.29, 1.82) is 0 Å². The number of methoxy groups -OCH3 is 1. The molecule has 2 aromatic rings. The van der Waals surface area contributed by atoms with Crippen molar-refractivity contribution in [3.8, 4) is 5.75 Å². The molecule has 150 valence electrons. The second-order valence-electron chi connectivity index (χ2n) is 7.32. The molecule has 2 aromatic carbocycles. The number of rotatable bonds is 8. The van der Waals surface area contributed by atoms with E-state index in [4.69, 9.17) is 4.74 Å². The average molecular weight is 382 g/mol. The van der Waals surface area contributed by atoms with Crippen molar-refractivity contribution in [2.45, 2.75) is 25.8 Å². The molecular formula is C23H31N3O2. The van der Waals surface area contributed by atoms with Crippen LogP contribution in [0, 0.1) is 0 Å². The van der Waals surface area contributed by atoms with Crippen molar-refractivity contribution in [1.82, 2.24) is 10.2 Å². The van der Waals surface area contributed by atoms with Gasteiger partial charge in [0, 0.05) is 50.9 Å². The molecule has 1 heterocycles. The number of piperazine rings is 1. The van der Waals surface area contributed by atoms with E-state index in [9.17, 15) is 4.79 Å². The maximum Gasteiger partial charge on any atom is 0.220 e. The number of para-hydroxylation sites is 2. The maximum absolute atomic E-state index is 12.3. The summed E-state index contributed by atoms with van der Waals surface area (Å²) in [6, 6.07) is 18.8. The Bertz CT molecular complexity index is 743. The first-order valence-corrected chi connectivity index (χ1v) is 10.1. The summed E-state index contributed by atoms with van der Waals surface area (Å²) in [7, 11) is 1.66. The van der Waals surface area contributed by atoms with Gasteiger partial charge in [-0.15, -0.1) is 0 Å². The van der Waals surface area contributed by atoms with Gasteiger partial charge in [0.2, 0.25) is 5.91 Å². The minimum atomic E-state index is 0.0978. The van der Waals surface area contributed by atoms with Crippen molar-refractivity contribution >= 4 is 11.6 Å². The van der Waals surface area contributed by atoms with E-state index >= 15 is 0 Å². The molecule has 1 aliphatic heterocycles. The van der Waals surface area contributed by atoms with Crippen LogP contribution >= 0.6 is 0 Å². The first kappa shape index (κ1) is 20.2. The third kappa shape index (κ3) is 5.49. The number of nitrogens with zero attached hydrogens (tertiary/aromatic N) is 2. The number of aryl methyl sites for hydroxylation is 1. The van der Waals surface area contributed by atoms with E-state index in [0.29, 0.717) is 25.4 Å². The van der Waals surface area contributed by atoms with Crippen LogP contribution in [0.2, 0.25) is 0 Å². The maximum atomic E-state index is 12.3. The second kappa shape index (κ2) is 10.1. The Morgan fingerprint density at radius 2 is 1.71 bits per heavy atom. The molecule has 0 aromatic heterocycles. The van der Waals surface area contributed by atoms with Crippen molar-refractivity contribution in [3.63, 3.8) is 0 Å². The first-order valence-electron chi connectivity index (χ1n) is 10.1. The Hall–Kier alpha value is -2.53. The van der Waals surface area contributed by atoms with Crippen molar-refractivity contribution in [3.05, 3.63) is 60.2 Å². The van der Waals surface area contributed by atoms with Gasteiger partial charge in [-0.3, -0.25) is 9.69 Å². The number of anilines is 1. The molecule has 1 atom stereocenters. The highest BCUT2D eigenvalue weighted by molar-refractivity contribution is 5.76. The fourth-order valence-corrected chi connectivity index (χ4v) is 3.70. The molecule has 0 radical (unpaired) electrons. The number of ether oxygens (including phenoxy) is 1. The summed E-state index contributed by atoms with van der Waals surface area (Å²) in [6.45, 7) is 6.97. The molecule has 0 aliphatic carbocycles. The van der Waals surface area contributed by atoms with E-state index in [0.717, 1.165) is 37.5 Å². The average Bonchev–Trinajstić information content (AvgIpc) is 2.77. The third-order valence-electron chi connectivity index (χ3n) is 5.47. The molecule has 1 N–H and O–H groups in total. The van der Waals surface area contributed by atoms with Gasteiger partial charge in [-0.05, 0) is 37.1 Å². The number of amides is 1. The molecule has 1 unspecified atom stereocenters. The second-order valence-corrected chi connectivity index (χ2v) is 7.32. The Kier molecular flexibility index (Phi) is 7.31. The van der Waals surface area contributed by atoms with E-state index in [1.807, 2.05) is 24.3 Å². The Morgan fingerprint density at radius 1 is 1.04 bits per heavy atom. The van der Waals surface area contributed by atoms with Crippen LogP contribution in [0.4, 0.5) is 5.69 Å². The smallest absolute Gasteiger partial charge is 0.220 e. The van der Waals surface area contributed by atoms with Crippen LogP contribution in [0.1, 0.15) is 18.9 Å². The van der Waals surface area contributed by atoms with Gasteiger partial charge in [0.15, 0.2) is 0 Å². The molecule has 0 spiro atoms. The zero-order chi connectivity index (χ0) is 19.8. The number of nitrogens with one attached hydrogen (secondary N) is 1. The molecule has 0 saturated carbocycles. The number of hydrogen-bond donors (Lipinski definition) is 1. The highest BCUT2D eigenvalue weighted by atomic mass is 16.5. The van der Waals surface area contributed by atoms with Crippen LogP contribution in [-0.4, -0.2) is 56.7 Å². The molecule has 3 rings (SSSR count). The van der Waals surface area contributed by atoms with Gasteiger partial charge in [0.25, 0.3) is 0 Å². The Labute approximate surface area is 168 Å². The zero-order valence-corrected chi connectivity index (χ0v) is 16.9. The number of hydrogen-bond acceptors (Lipinski definition) is 4. The fourth-order valence-electron chi connectivity index (χ4n) is 3.70. The lowest BCUT2D eigenvalue weighted by molar-refractivity contribution is -0.121. The molecule has 5 heteroatoms. The van der Waals surface area contributed by atoms with Gasteiger partial charge in [-0.1, -0.05) is 36.4 Å². The highest BCUT2D eigenvalue weighted by Gasteiger charge is 2.21. The predicted octanol–water partition coefficient (Wildman–Crippen LogP) is 2.95. The molecule has 1 fully saturated rings. The van der Waals surface area contributed by atoms with Gasteiger partial charge in [-0.25, -0.2) is 0 Å². The monoisotopic (exact) mass is 381 g/mol. The first-order chi connectivity index (χ1) is 13.7. The van der Waals surface area contributed by atoms with Crippen molar-refractivity contribution in [2.24, 2.45) is 0 Å². The largest absolute Gasteiger partial charge is 0.496 e. The highest BCUT2D eigenvalue weighted by Crippen LogP contribution is 2.19. The lowest BCUT2D eigenvalue weighted by Gasteiger charge is -2.39. The van der Waals surface area contributed by atoms with Gasteiger partial charge < -0.3 is 15.0 Å².